The van der Waals surface area contributed by atoms with Crippen LogP contribution in [0.4, 0.5) is 4.79 Å². The lowest BCUT2D eigenvalue weighted by Crippen LogP contribution is -2.52. The third-order valence-corrected chi connectivity index (χ3v) is 5.01. The monoisotopic (exact) mass is 282 g/mol. The number of urea groups is 1. The highest BCUT2D eigenvalue weighted by molar-refractivity contribution is 5.82. The molecule has 20 heavy (non-hydrogen) atoms. The van der Waals surface area contributed by atoms with E-state index in [4.69, 9.17) is 5.11 Å². The Morgan fingerprint density at radius 1 is 1.10 bits per heavy atom. The molecule has 114 valence electrons. The fourth-order valence-electron chi connectivity index (χ4n) is 3.92. The molecule has 2 aliphatic rings. The highest BCUT2D eigenvalue weighted by atomic mass is 16.4. The summed E-state index contributed by atoms with van der Waals surface area (Å²) in [7, 11) is 0. The van der Waals surface area contributed by atoms with E-state index in [-0.39, 0.29) is 18.0 Å². The van der Waals surface area contributed by atoms with Gasteiger partial charge in [-0.25, -0.2) is 9.59 Å². The summed E-state index contributed by atoms with van der Waals surface area (Å²) in [5, 5.41) is 14.6. The molecular formula is C15H26N2O3. The van der Waals surface area contributed by atoms with Crippen LogP contribution in [0.2, 0.25) is 0 Å². The van der Waals surface area contributed by atoms with Crippen molar-refractivity contribution in [2.24, 2.45) is 23.7 Å². The molecule has 0 saturated heterocycles. The number of carboxylic acids is 1. The van der Waals surface area contributed by atoms with Crippen LogP contribution >= 0.6 is 0 Å². The molecular weight excluding hydrogens is 256 g/mol. The number of carboxylic acid groups (broad SMARTS) is 1. The topological polar surface area (TPSA) is 78.4 Å². The molecule has 0 heterocycles. The van der Waals surface area contributed by atoms with Crippen LogP contribution in [0, 0.1) is 23.7 Å². The number of hydrogen-bond acceptors (Lipinski definition) is 2. The van der Waals surface area contributed by atoms with Crippen molar-refractivity contribution in [3.8, 4) is 0 Å². The molecule has 2 fully saturated rings. The standard InChI is InChI=1S/C15H26N2O3/c1-8(2)13(14(18)19)17-15(20)16-9(3)12-7-10-4-5-11(12)6-10/h8-13H,4-7H2,1-3H3,(H,18,19)(H2,16,17,20)/t9?,10?,11?,12?,13-/m0/s1. The zero-order chi connectivity index (χ0) is 14.9. The van der Waals surface area contributed by atoms with E-state index < -0.39 is 12.0 Å². The van der Waals surface area contributed by atoms with Crippen molar-refractivity contribution in [1.82, 2.24) is 10.6 Å². The largest absolute Gasteiger partial charge is 0.480 e. The van der Waals surface area contributed by atoms with Gasteiger partial charge in [0.15, 0.2) is 0 Å². The number of hydrogen-bond donors (Lipinski definition) is 3. The molecule has 2 saturated carbocycles. The zero-order valence-electron chi connectivity index (χ0n) is 12.6. The maximum absolute atomic E-state index is 12.0. The maximum atomic E-state index is 12.0. The molecule has 0 spiro atoms. The Labute approximate surface area is 120 Å². The lowest BCUT2D eigenvalue weighted by Gasteiger charge is -2.29. The van der Waals surface area contributed by atoms with Crippen LogP contribution in [0.5, 0.6) is 0 Å². The van der Waals surface area contributed by atoms with Crippen LogP contribution in [0.25, 0.3) is 0 Å². The Morgan fingerprint density at radius 3 is 2.25 bits per heavy atom. The summed E-state index contributed by atoms with van der Waals surface area (Å²) in [6.45, 7) is 5.62. The molecule has 2 bridgehead atoms. The van der Waals surface area contributed by atoms with Gasteiger partial charge in [-0.2, -0.15) is 0 Å². The van der Waals surface area contributed by atoms with Crippen LogP contribution in [0.3, 0.4) is 0 Å². The van der Waals surface area contributed by atoms with Crippen molar-refractivity contribution >= 4 is 12.0 Å². The number of fused-ring (bicyclic) bond motifs is 2. The SMILES string of the molecule is CC(NC(=O)N[C@H](C(=O)O)C(C)C)C1CC2CCC1C2. The molecule has 3 N–H and O–H groups in total. The first-order valence-corrected chi connectivity index (χ1v) is 7.68. The molecule has 0 aromatic carbocycles. The van der Waals surface area contributed by atoms with E-state index in [2.05, 4.69) is 10.6 Å². The van der Waals surface area contributed by atoms with Gasteiger partial charge in [0.25, 0.3) is 0 Å². The van der Waals surface area contributed by atoms with Crippen LogP contribution in [-0.4, -0.2) is 29.2 Å². The van der Waals surface area contributed by atoms with Gasteiger partial charge in [0.2, 0.25) is 0 Å². The van der Waals surface area contributed by atoms with Gasteiger partial charge >= 0.3 is 12.0 Å². The van der Waals surface area contributed by atoms with E-state index in [1.165, 1.54) is 25.7 Å². The average molecular weight is 282 g/mol. The Hall–Kier alpha value is -1.26. The first kappa shape index (κ1) is 15.1. The van der Waals surface area contributed by atoms with Gasteiger partial charge in [0.1, 0.15) is 6.04 Å². The van der Waals surface area contributed by atoms with Gasteiger partial charge in [0, 0.05) is 6.04 Å². The number of carbonyl (C=O) groups is 2. The zero-order valence-corrected chi connectivity index (χ0v) is 12.6. The summed E-state index contributed by atoms with van der Waals surface area (Å²) in [6.07, 6.45) is 5.14. The average Bonchev–Trinajstić information content (AvgIpc) is 2.97. The number of amides is 2. The first-order valence-electron chi connectivity index (χ1n) is 7.68. The minimum atomic E-state index is -0.984. The molecule has 5 nitrogen and oxygen atoms in total. The summed E-state index contributed by atoms with van der Waals surface area (Å²) < 4.78 is 0. The molecule has 5 heteroatoms. The van der Waals surface area contributed by atoms with Gasteiger partial charge in [-0.15, -0.1) is 0 Å². The van der Waals surface area contributed by atoms with Crippen LogP contribution in [-0.2, 0) is 4.79 Å². The van der Waals surface area contributed by atoms with Crippen molar-refractivity contribution in [2.45, 2.75) is 58.5 Å². The minimum absolute atomic E-state index is 0.118. The van der Waals surface area contributed by atoms with Gasteiger partial charge < -0.3 is 15.7 Å². The van der Waals surface area contributed by atoms with Crippen molar-refractivity contribution in [3.05, 3.63) is 0 Å². The van der Waals surface area contributed by atoms with E-state index in [1.807, 2.05) is 6.92 Å². The fourth-order valence-corrected chi connectivity index (χ4v) is 3.92. The van der Waals surface area contributed by atoms with Crippen LogP contribution < -0.4 is 10.6 Å². The van der Waals surface area contributed by atoms with Gasteiger partial charge in [-0.1, -0.05) is 20.3 Å². The van der Waals surface area contributed by atoms with Gasteiger partial charge in [-0.3, -0.25) is 0 Å². The predicted octanol–water partition coefficient (Wildman–Crippen LogP) is 2.22. The summed E-state index contributed by atoms with van der Waals surface area (Å²) in [5.74, 6) is 1.04. The number of aliphatic carboxylic acids is 1. The number of nitrogens with one attached hydrogen (secondary N) is 2. The minimum Gasteiger partial charge on any atom is -0.480 e. The van der Waals surface area contributed by atoms with Gasteiger partial charge in [-0.05, 0) is 49.9 Å². The molecule has 5 atom stereocenters. The Bertz CT molecular complexity index is 383. The first-order chi connectivity index (χ1) is 9.38. The molecule has 0 radical (unpaired) electrons. The lowest BCUT2D eigenvalue weighted by atomic mass is 9.84. The maximum Gasteiger partial charge on any atom is 0.326 e. The van der Waals surface area contributed by atoms with Gasteiger partial charge in [0.05, 0.1) is 0 Å². The van der Waals surface area contributed by atoms with Crippen molar-refractivity contribution in [2.75, 3.05) is 0 Å². The summed E-state index contributed by atoms with van der Waals surface area (Å²) >= 11 is 0. The van der Waals surface area contributed by atoms with Crippen molar-refractivity contribution in [3.63, 3.8) is 0 Å². The molecule has 4 unspecified atom stereocenters. The second-order valence-corrected chi connectivity index (χ2v) is 6.81. The summed E-state index contributed by atoms with van der Waals surface area (Å²) in [6, 6.07) is -1.07. The van der Waals surface area contributed by atoms with Crippen LogP contribution in [0.15, 0.2) is 0 Å². The Kier molecular flexibility index (Phi) is 4.55. The van der Waals surface area contributed by atoms with Crippen molar-refractivity contribution in [1.29, 1.82) is 0 Å². The molecule has 0 aliphatic heterocycles. The Balaban J connectivity index is 1.83. The normalized spacial score (nSPS) is 31.1. The molecule has 2 rings (SSSR count). The van der Waals surface area contributed by atoms with E-state index in [0.29, 0.717) is 5.92 Å². The molecule has 0 aromatic rings. The Morgan fingerprint density at radius 2 is 1.80 bits per heavy atom. The smallest absolute Gasteiger partial charge is 0.326 e. The predicted molar refractivity (Wildman–Crippen MR) is 76.3 cm³/mol. The van der Waals surface area contributed by atoms with E-state index in [0.717, 1.165) is 11.8 Å². The summed E-state index contributed by atoms with van der Waals surface area (Å²) in [5.41, 5.74) is 0. The van der Waals surface area contributed by atoms with Crippen molar-refractivity contribution < 1.29 is 14.7 Å². The second kappa shape index (κ2) is 6.02. The van der Waals surface area contributed by atoms with E-state index in [9.17, 15) is 9.59 Å². The third-order valence-electron chi connectivity index (χ3n) is 5.01. The summed E-state index contributed by atoms with van der Waals surface area (Å²) in [4.78, 5) is 23.0. The fraction of sp³-hybridized carbons (Fsp3) is 0.867. The quantitative estimate of drug-likeness (QED) is 0.723. The molecule has 2 amide bonds. The third kappa shape index (κ3) is 3.25. The van der Waals surface area contributed by atoms with Crippen LogP contribution in [0.1, 0.15) is 46.5 Å². The highest BCUT2D eigenvalue weighted by Gasteiger charge is 2.42. The van der Waals surface area contributed by atoms with E-state index in [1.54, 1.807) is 13.8 Å². The highest BCUT2D eigenvalue weighted by Crippen LogP contribution is 2.49. The molecule has 0 aromatic heterocycles. The lowest BCUT2D eigenvalue weighted by molar-refractivity contribution is -0.140. The van der Waals surface area contributed by atoms with E-state index >= 15 is 0 Å². The second-order valence-electron chi connectivity index (χ2n) is 6.81. The number of carbonyl (C=O) groups excluding carboxylic acids is 1. The molecule has 2 aliphatic carbocycles. The number of rotatable bonds is 5.